The van der Waals surface area contributed by atoms with Crippen LogP contribution in [0.2, 0.25) is 0 Å². The molecule has 0 fully saturated rings. The van der Waals surface area contributed by atoms with E-state index in [0.29, 0.717) is 4.67 Å². The van der Waals surface area contributed by atoms with E-state index < -0.39 is 18.7 Å². The summed E-state index contributed by atoms with van der Waals surface area (Å²) >= 11 is 2.94. The van der Waals surface area contributed by atoms with Gasteiger partial charge in [-0.3, -0.25) is 0 Å². The van der Waals surface area contributed by atoms with E-state index in [0.717, 1.165) is 0 Å². The molecule has 74 valence electrons. The molecule has 1 atom stereocenters. The molecule has 1 aromatic rings. The van der Waals surface area contributed by atoms with E-state index in [1.54, 1.807) is 0 Å². The maximum Gasteiger partial charge on any atom is 0.414 e. The summed E-state index contributed by atoms with van der Waals surface area (Å²) in [4.78, 5) is 0. The summed E-state index contributed by atoms with van der Waals surface area (Å²) in [7, 11) is 0. The molecule has 0 saturated carbocycles. The van der Waals surface area contributed by atoms with Gasteiger partial charge in [-0.05, 0) is 28.1 Å². The lowest BCUT2D eigenvalue weighted by Gasteiger charge is -2.12. The Morgan fingerprint density at radius 2 is 2.08 bits per heavy atom. The van der Waals surface area contributed by atoms with Gasteiger partial charge in [0.15, 0.2) is 10.8 Å². The van der Waals surface area contributed by atoms with Crippen molar-refractivity contribution in [1.82, 2.24) is 0 Å². The molecule has 2 nitrogen and oxygen atoms in total. The monoisotopic (exact) mass is 258 g/mol. The van der Waals surface area contributed by atoms with Gasteiger partial charge in [0.25, 0.3) is 0 Å². The lowest BCUT2D eigenvalue weighted by molar-refractivity contribution is -0.203. The minimum Gasteiger partial charge on any atom is -0.454 e. The molecular formula is C7H6BrF3O2. The maximum absolute atomic E-state index is 11.8. The first-order valence-electron chi connectivity index (χ1n) is 3.38. The predicted molar refractivity (Wildman–Crippen MR) is 42.2 cm³/mol. The van der Waals surface area contributed by atoms with Crippen LogP contribution in [0.1, 0.15) is 5.76 Å². The second-order valence-electron chi connectivity index (χ2n) is 2.47. The lowest BCUT2D eigenvalue weighted by Crippen LogP contribution is -2.30. The zero-order valence-corrected chi connectivity index (χ0v) is 7.89. The predicted octanol–water partition coefficient (Wildman–Crippen LogP) is 2.51. The number of hydrogen-bond donors (Lipinski definition) is 1. The molecule has 6 heteroatoms. The van der Waals surface area contributed by atoms with Crippen molar-refractivity contribution < 1.29 is 22.7 Å². The van der Waals surface area contributed by atoms with Gasteiger partial charge in [0.2, 0.25) is 0 Å². The van der Waals surface area contributed by atoms with Crippen molar-refractivity contribution in [1.29, 1.82) is 0 Å². The smallest absolute Gasteiger partial charge is 0.414 e. The average molecular weight is 259 g/mol. The summed E-state index contributed by atoms with van der Waals surface area (Å²) in [6.07, 6.45) is -7.53. The zero-order chi connectivity index (χ0) is 10.1. The Labute approximate surface area is 80.5 Å². The van der Waals surface area contributed by atoms with Crippen molar-refractivity contribution >= 4 is 15.9 Å². The van der Waals surface area contributed by atoms with E-state index in [2.05, 4.69) is 15.9 Å². The van der Waals surface area contributed by atoms with Gasteiger partial charge in [-0.1, -0.05) is 0 Å². The summed E-state index contributed by atoms with van der Waals surface area (Å²) in [6, 6.07) is 2.84. The van der Waals surface area contributed by atoms with Crippen LogP contribution >= 0.6 is 15.9 Å². The van der Waals surface area contributed by atoms with Crippen molar-refractivity contribution in [3.63, 3.8) is 0 Å². The first-order valence-corrected chi connectivity index (χ1v) is 4.18. The van der Waals surface area contributed by atoms with E-state index in [-0.39, 0.29) is 5.76 Å². The van der Waals surface area contributed by atoms with Crippen LogP contribution in [0, 0.1) is 0 Å². The minimum absolute atomic E-state index is 0.0942. The summed E-state index contributed by atoms with van der Waals surface area (Å²) in [5.41, 5.74) is 0. The van der Waals surface area contributed by atoms with Crippen molar-refractivity contribution in [3.8, 4) is 0 Å². The molecule has 13 heavy (non-hydrogen) atoms. The summed E-state index contributed by atoms with van der Waals surface area (Å²) in [5, 5.41) is 8.65. The topological polar surface area (TPSA) is 33.4 Å². The SMILES string of the molecule is O[C@H](Cc1ccc(Br)o1)C(F)(F)F. The van der Waals surface area contributed by atoms with Crippen LogP contribution in [0.3, 0.4) is 0 Å². The Bertz CT molecular complexity index is 282. The Morgan fingerprint density at radius 1 is 1.46 bits per heavy atom. The van der Waals surface area contributed by atoms with Crippen molar-refractivity contribution in [3.05, 3.63) is 22.6 Å². The standard InChI is InChI=1S/C7H6BrF3O2/c8-6-2-1-4(13-6)3-5(12)7(9,10)11/h1-2,5,12H,3H2/t5-/m1/s1. The second kappa shape index (κ2) is 3.71. The van der Waals surface area contributed by atoms with Gasteiger partial charge >= 0.3 is 6.18 Å². The number of furan rings is 1. The van der Waals surface area contributed by atoms with Gasteiger partial charge in [0.05, 0.1) is 0 Å². The summed E-state index contributed by atoms with van der Waals surface area (Å²) in [5.74, 6) is 0.0942. The van der Waals surface area contributed by atoms with Crippen LogP contribution in [0.15, 0.2) is 21.2 Å². The van der Waals surface area contributed by atoms with Crippen LogP contribution in [-0.4, -0.2) is 17.4 Å². The molecule has 0 spiro atoms. The van der Waals surface area contributed by atoms with Gasteiger partial charge in [0.1, 0.15) is 5.76 Å². The fraction of sp³-hybridized carbons (Fsp3) is 0.429. The molecule has 0 bridgehead atoms. The quantitative estimate of drug-likeness (QED) is 0.885. The molecule has 0 aliphatic carbocycles. The molecule has 1 rings (SSSR count). The molecule has 0 aromatic carbocycles. The molecule has 0 unspecified atom stereocenters. The normalized spacial score (nSPS) is 14.5. The van der Waals surface area contributed by atoms with Crippen LogP contribution in [0.5, 0.6) is 0 Å². The maximum atomic E-state index is 11.8. The highest BCUT2D eigenvalue weighted by atomic mass is 79.9. The third-order valence-corrected chi connectivity index (χ3v) is 1.83. The summed E-state index contributed by atoms with van der Waals surface area (Å²) < 4.78 is 40.7. The van der Waals surface area contributed by atoms with Crippen molar-refractivity contribution in [2.75, 3.05) is 0 Å². The molecule has 0 aliphatic rings. The Balaban J connectivity index is 2.60. The highest BCUT2D eigenvalue weighted by Crippen LogP contribution is 2.24. The summed E-state index contributed by atoms with van der Waals surface area (Å²) in [6.45, 7) is 0. The average Bonchev–Trinajstić information content (AvgIpc) is 2.33. The minimum atomic E-state index is -4.60. The number of aliphatic hydroxyl groups is 1. The Kier molecular flexibility index (Phi) is 3.02. The molecule has 1 N–H and O–H groups in total. The number of halogens is 4. The Morgan fingerprint density at radius 3 is 2.46 bits per heavy atom. The third kappa shape index (κ3) is 3.04. The lowest BCUT2D eigenvalue weighted by atomic mass is 10.2. The van der Waals surface area contributed by atoms with E-state index in [4.69, 9.17) is 9.52 Å². The fourth-order valence-electron chi connectivity index (χ4n) is 0.768. The molecule has 1 heterocycles. The molecule has 0 radical (unpaired) electrons. The molecule has 1 aromatic heterocycles. The van der Waals surface area contributed by atoms with Gasteiger partial charge in [-0.15, -0.1) is 0 Å². The molecule has 0 saturated heterocycles. The second-order valence-corrected chi connectivity index (χ2v) is 3.25. The molecule has 0 aliphatic heterocycles. The van der Waals surface area contributed by atoms with Crippen LogP contribution in [-0.2, 0) is 6.42 Å². The van der Waals surface area contributed by atoms with Gasteiger partial charge in [-0.2, -0.15) is 13.2 Å². The van der Waals surface area contributed by atoms with Gasteiger partial charge in [0, 0.05) is 6.42 Å². The number of aliphatic hydroxyl groups excluding tert-OH is 1. The Hall–Kier alpha value is -0.490. The largest absolute Gasteiger partial charge is 0.454 e. The van der Waals surface area contributed by atoms with Gasteiger partial charge in [-0.25, -0.2) is 0 Å². The highest BCUT2D eigenvalue weighted by molar-refractivity contribution is 9.10. The highest BCUT2D eigenvalue weighted by Gasteiger charge is 2.38. The van der Waals surface area contributed by atoms with Gasteiger partial charge < -0.3 is 9.52 Å². The van der Waals surface area contributed by atoms with Crippen LogP contribution in [0.25, 0.3) is 0 Å². The van der Waals surface area contributed by atoms with Crippen LogP contribution in [0.4, 0.5) is 13.2 Å². The number of alkyl halides is 3. The first kappa shape index (κ1) is 10.6. The fourth-order valence-corrected chi connectivity index (χ4v) is 1.11. The number of rotatable bonds is 2. The van der Waals surface area contributed by atoms with Crippen molar-refractivity contribution in [2.45, 2.75) is 18.7 Å². The first-order chi connectivity index (χ1) is 5.89. The molecular weight excluding hydrogens is 253 g/mol. The van der Waals surface area contributed by atoms with E-state index in [1.807, 2.05) is 0 Å². The number of hydrogen-bond acceptors (Lipinski definition) is 2. The zero-order valence-electron chi connectivity index (χ0n) is 6.31. The molecule has 0 amide bonds. The van der Waals surface area contributed by atoms with E-state index >= 15 is 0 Å². The van der Waals surface area contributed by atoms with Crippen LogP contribution < -0.4 is 0 Å². The third-order valence-electron chi connectivity index (χ3n) is 1.40. The van der Waals surface area contributed by atoms with Crippen molar-refractivity contribution in [2.24, 2.45) is 0 Å². The van der Waals surface area contributed by atoms with E-state index in [9.17, 15) is 13.2 Å². The van der Waals surface area contributed by atoms with E-state index in [1.165, 1.54) is 12.1 Å².